The van der Waals surface area contributed by atoms with E-state index in [4.69, 9.17) is 10.5 Å². The molecule has 0 aromatic heterocycles. The van der Waals surface area contributed by atoms with Crippen LogP contribution in [0.4, 0.5) is 5.69 Å². The molecule has 2 rings (SSSR count). The molecule has 3 N–H and O–H groups in total. The van der Waals surface area contributed by atoms with Gasteiger partial charge in [-0.25, -0.2) is 0 Å². The molecule has 21 heavy (non-hydrogen) atoms. The van der Waals surface area contributed by atoms with E-state index in [0.717, 1.165) is 12.5 Å². The lowest BCUT2D eigenvalue weighted by atomic mass is 9.81. The molecular formula is C17H26N2O2. The first-order valence-electron chi connectivity index (χ1n) is 7.85. The van der Waals surface area contributed by atoms with Crippen molar-refractivity contribution in [1.82, 2.24) is 5.32 Å². The third kappa shape index (κ3) is 4.13. The summed E-state index contributed by atoms with van der Waals surface area (Å²) in [7, 11) is 1.56. The van der Waals surface area contributed by atoms with E-state index >= 15 is 0 Å². The molecule has 1 aliphatic carbocycles. The van der Waals surface area contributed by atoms with E-state index in [1.165, 1.54) is 32.1 Å². The van der Waals surface area contributed by atoms with Gasteiger partial charge >= 0.3 is 0 Å². The van der Waals surface area contributed by atoms with Crippen molar-refractivity contribution < 1.29 is 9.53 Å². The minimum Gasteiger partial charge on any atom is -0.496 e. The van der Waals surface area contributed by atoms with E-state index < -0.39 is 0 Å². The van der Waals surface area contributed by atoms with Crippen LogP contribution in [0.3, 0.4) is 0 Å². The van der Waals surface area contributed by atoms with E-state index in [0.29, 0.717) is 22.9 Å². The van der Waals surface area contributed by atoms with Gasteiger partial charge in [0.05, 0.1) is 12.7 Å². The van der Waals surface area contributed by atoms with Gasteiger partial charge < -0.3 is 15.8 Å². The molecular weight excluding hydrogens is 264 g/mol. The Kier molecular flexibility index (Phi) is 5.48. The lowest BCUT2D eigenvalue weighted by Gasteiger charge is -2.27. The van der Waals surface area contributed by atoms with Gasteiger partial charge in [-0.2, -0.15) is 0 Å². The van der Waals surface area contributed by atoms with Crippen LogP contribution in [-0.2, 0) is 0 Å². The largest absolute Gasteiger partial charge is 0.496 e. The van der Waals surface area contributed by atoms with Gasteiger partial charge in [-0.3, -0.25) is 4.79 Å². The molecule has 1 aliphatic rings. The van der Waals surface area contributed by atoms with Gasteiger partial charge in [0, 0.05) is 12.2 Å². The lowest BCUT2D eigenvalue weighted by Crippen LogP contribution is -2.31. The molecule has 4 nitrogen and oxygen atoms in total. The molecule has 0 atom stereocenters. The maximum Gasteiger partial charge on any atom is 0.255 e. The Morgan fingerprint density at radius 2 is 1.95 bits per heavy atom. The highest BCUT2D eigenvalue weighted by Crippen LogP contribution is 2.30. The normalized spacial score (nSPS) is 21.8. The third-order valence-corrected chi connectivity index (χ3v) is 4.56. The van der Waals surface area contributed by atoms with Crippen molar-refractivity contribution in [2.45, 2.75) is 39.0 Å². The number of hydrogen-bond acceptors (Lipinski definition) is 3. The molecule has 1 aromatic carbocycles. The molecule has 0 spiro atoms. The highest BCUT2D eigenvalue weighted by Gasteiger charge is 2.21. The summed E-state index contributed by atoms with van der Waals surface area (Å²) in [6, 6.07) is 5.14. The number of anilines is 1. The first-order chi connectivity index (χ1) is 10.1. The number of methoxy groups -OCH3 is 1. The summed E-state index contributed by atoms with van der Waals surface area (Å²) >= 11 is 0. The van der Waals surface area contributed by atoms with Gasteiger partial charge in [-0.15, -0.1) is 0 Å². The molecule has 116 valence electrons. The fraction of sp³-hybridized carbons (Fsp3) is 0.588. The zero-order chi connectivity index (χ0) is 15.2. The molecule has 0 radical (unpaired) electrons. The van der Waals surface area contributed by atoms with Gasteiger partial charge in [0.1, 0.15) is 5.75 Å². The number of nitrogens with two attached hydrogens (primary N) is 1. The zero-order valence-electron chi connectivity index (χ0n) is 13.0. The fourth-order valence-electron chi connectivity index (χ4n) is 3.08. The molecule has 1 amide bonds. The van der Waals surface area contributed by atoms with Gasteiger partial charge in [-0.1, -0.05) is 26.2 Å². The molecule has 0 unspecified atom stereocenters. The molecule has 0 aliphatic heterocycles. The Balaban J connectivity index is 1.89. The Hall–Kier alpha value is -1.71. The van der Waals surface area contributed by atoms with Gasteiger partial charge in [0.25, 0.3) is 5.91 Å². The van der Waals surface area contributed by atoms with Crippen molar-refractivity contribution in [2.75, 3.05) is 19.4 Å². The number of ether oxygens (including phenoxy) is 1. The molecule has 1 saturated carbocycles. The Morgan fingerprint density at radius 3 is 2.57 bits per heavy atom. The molecule has 0 saturated heterocycles. The molecule has 0 heterocycles. The summed E-state index contributed by atoms with van der Waals surface area (Å²) in [5, 5.41) is 3.03. The molecule has 1 aromatic rings. The number of amides is 1. The van der Waals surface area contributed by atoms with Crippen molar-refractivity contribution in [3.63, 3.8) is 0 Å². The number of nitrogen functional groups attached to an aromatic ring is 1. The average molecular weight is 290 g/mol. The topological polar surface area (TPSA) is 64.4 Å². The SMILES string of the molecule is CCC1CCC(CNC(=O)c2cc(N)ccc2OC)CC1. The van der Waals surface area contributed by atoms with E-state index in [9.17, 15) is 4.79 Å². The van der Waals surface area contributed by atoms with Crippen molar-refractivity contribution in [3.8, 4) is 5.75 Å². The van der Waals surface area contributed by atoms with Gasteiger partial charge in [0.2, 0.25) is 0 Å². The maximum atomic E-state index is 12.3. The van der Waals surface area contributed by atoms with Crippen molar-refractivity contribution in [3.05, 3.63) is 23.8 Å². The first kappa shape index (κ1) is 15.7. The predicted molar refractivity (Wildman–Crippen MR) is 85.5 cm³/mol. The summed E-state index contributed by atoms with van der Waals surface area (Å²) in [4.78, 5) is 12.3. The van der Waals surface area contributed by atoms with Crippen LogP contribution in [0.15, 0.2) is 18.2 Å². The van der Waals surface area contributed by atoms with Crippen molar-refractivity contribution in [2.24, 2.45) is 11.8 Å². The Labute approximate surface area is 127 Å². The Morgan fingerprint density at radius 1 is 1.29 bits per heavy atom. The number of rotatable bonds is 5. The van der Waals surface area contributed by atoms with Crippen molar-refractivity contribution >= 4 is 11.6 Å². The smallest absolute Gasteiger partial charge is 0.255 e. The molecule has 4 heteroatoms. The second-order valence-electron chi connectivity index (χ2n) is 5.96. The highest BCUT2D eigenvalue weighted by atomic mass is 16.5. The fourth-order valence-corrected chi connectivity index (χ4v) is 3.08. The number of carbonyl (C=O) groups excluding carboxylic acids is 1. The van der Waals surface area contributed by atoms with E-state index in [1.807, 2.05) is 0 Å². The highest BCUT2D eigenvalue weighted by molar-refractivity contribution is 5.97. The molecule has 1 fully saturated rings. The number of nitrogens with one attached hydrogen (secondary N) is 1. The van der Waals surface area contributed by atoms with Crippen LogP contribution in [0.25, 0.3) is 0 Å². The number of hydrogen-bond donors (Lipinski definition) is 2. The second-order valence-corrected chi connectivity index (χ2v) is 5.96. The van der Waals surface area contributed by atoms with Crippen LogP contribution in [0.2, 0.25) is 0 Å². The van der Waals surface area contributed by atoms with Crippen LogP contribution in [0.1, 0.15) is 49.4 Å². The van der Waals surface area contributed by atoms with Crippen LogP contribution in [0.5, 0.6) is 5.75 Å². The van der Waals surface area contributed by atoms with Crippen LogP contribution in [-0.4, -0.2) is 19.6 Å². The van der Waals surface area contributed by atoms with Crippen molar-refractivity contribution in [1.29, 1.82) is 0 Å². The summed E-state index contributed by atoms with van der Waals surface area (Å²) in [5.74, 6) is 1.95. The average Bonchev–Trinajstić information content (AvgIpc) is 2.53. The minimum atomic E-state index is -0.100. The summed E-state index contributed by atoms with van der Waals surface area (Å²) in [6.07, 6.45) is 6.29. The summed E-state index contributed by atoms with van der Waals surface area (Å²) in [5.41, 5.74) is 6.84. The molecule has 0 bridgehead atoms. The van der Waals surface area contributed by atoms with E-state index in [-0.39, 0.29) is 5.91 Å². The van der Waals surface area contributed by atoms with Gasteiger partial charge in [0.15, 0.2) is 0 Å². The first-order valence-corrected chi connectivity index (χ1v) is 7.85. The Bertz CT molecular complexity index is 480. The lowest BCUT2D eigenvalue weighted by molar-refractivity contribution is 0.0938. The maximum absolute atomic E-state index is 12.3. The predicted octanol–water partition coefficient (Wildman–Crippen LogP) is 3.22. The van der Waals surface area contributed by atoms with E-state index in [1.54, 1.807) is 25.3 Å². The van der Waals surface area contributed by atoms with Crippen LogP contribution < -0.4 is 15.8 Å². The summed E-state index contributed by atoms with van der Waals surface area (Å²) in [6.45, 7) is 3.01. The van der Waals surface area contributed by atoms with Crippen LogP contribution >= 0.6 is 0 Å². The minimum absolute atomic E-state index is 0.100. The monoisotopic (exact) mass is 290 g/mol. The zero-order valence-corrected chi connectivity index (χ0v) is 13.0. The number of benzene rings is 1. The number of carbonyl (C=O) groups is 1. The third-order valence-electron chi connectivity index (χ3n) is 4.56. The van der Waals surface area contributed by atoms with Crippen LogP contribution in [0, 0.1) is 11.8 Å². The standard InChI is InChI=1S/C17H26N2O2/c1-3-12-4-6-13(7-5-12)11-19-17(20)15-10-14(18)8-9-16(15)21-2/h8-10,12-13H,3-7,11,18H2,1-2H3,(H,19,20). The van der Waals surface area contributed by atoms with Gasteiger partial charge in [-0.05, 0) is 42.9 Å². The second kappa shape index (κ2) is 7.34. The quantitative estimate of drug-likeness (QED) is 0.818. The summed E-state index contributed by atoms with van der Waals surface area (Å²) < 4.78 is 5.23. The van der Waals surface area contributed by atoms with E-state index in [2.05, 4.69) is 12.2 Å².